The number of anilines is 3. The van der Waals surface area contributed by atoms with E-state index in [0.717, 1.165) is 11.1 Å². The highest BCUT2D eigenvalue weighted by atomic mass is 35.5. The summed E-state index contributed by atoms with van der Waals surface area (Å²) in [6.45, 7) is 9.32. The van der Waals surface area contributed by atoms with Crippen LogP contribution < -0.4 is 26.8 Å². The first-order valence-corrected chi connectivity index (χ1v) is 30.2. The molecule has 6 N–H and O–H groups in total. The number of benzene rings is 3. The van der Waals surface area contributed by atoms with Crippen LogP contribution in [0.15, 0.2) is 90.1 Å². The van der Waals surface area contributed by atoms with E-state index in [1.54, 1.807) is 53.9 Å². The molecule has 1 saturated heterocycles. The normalized spacial score (nSPS) is 13.1. The van der Waals surface area contributed by atoms with E-state index < -0.39 is 35.6 Å². The Balaban J connectivity index is 0.556. The second kappa shape index (κ2) is 33.2. The zero-order chi connectivity index (χ0) is 64.9. The van der Waals surface area contributed by atoms with Crippen LogP contribution in [0.4, 0.5) is 26.4 Å². The lowest BCUT2D eigenvalue weighted by Gasteiger charge is -2.34. The number of piperazine rings is 1. The molecule has 484 valence electrons. The lowest BCUT2D eigenvalue weighted by Crippen LogP contribution is -2.50. The first kappa shape index (κ1) is 67.2. The highest BCUT2D eigenvalue weighted by molar-refractivity contribution is 6.35. The van der Waals surface area contributed by atoms with Gasteiger partial charge < -0.3 is 59.7 Å². The summed E-state index contributed by atoms with van der Waals surface area (Å²) in [6, 6.07) is 17.9. The van der Waals surface area contributed by atoms with Gasteiger partial charge in [0.15, 0.2) is 5.82 Å². The number of nitrogens with one attached hydrogen (secondary N) is 3. The summed E-state index contributed by atoms with van der Waals surface area (Å²) in [5.74, 6) is -2.52. The third-order valence-corrected chi connectivity index (χ3v) is 15.4. The Morgan fingerprint density at radius 2 is 1.42 bits per heavy atom. The standard InChI is InChI=1S/C63H70ClF2N15O11/c1-39(47-32-43(34-67)7-12-49(47)65)72-58-55(64)40(2)71-53-33-50(66)56(75-57(53)58)45-35-69-63(70-36-45)80-17-15-79(16-18-80)54(82)38-92-30-29-91-28-27-90-26-25-89-24-23-88-22-21-87-20-19-81-37-46(77-78-81)11-14-52(61(85)86)73-59(83)44-9-5-41(6-10-44)3-4-42-8-13-51-48(31-42)60(84)76-62(68)74-51/h5-10,12-13,31-33,35-37,39,52H,3-4,11,14-30,38H2,1-2H3,(H,71,72)(H,73,83)(H,85,86)(H3,68,74,76,84)/t39-,52+/m1/s1. The summed E-state index contributed by atoms with van der Waals surface area (Å²) in [4.78, 5) is 78.6. The van der Waals surface area contributed by atoms with Crippen LogP contribution in [0.5, 0.6) is 0 Å². The monoisotopic (exact) mass is 1290 g/mol. The van der Waals surface area contributed by atoms with E-state index >= 15 is 4.39 Å². The second-order valence-corrected chi connectivity index (χ2v) is 21.8. The average Bonchev–Trinajstić information content (AvgIpc) is 0.878. The number of nitriles is 1. The SMILES string of the molecule is Cc1nc2cc(F)c(-c3cnc(N4CCN(C(=O)COCCOCCOCCOCCOCCOCCn5cc(CC[C@H](NC(=O)c6ccc(CCc7ccc8nc(N)[nH]c(=O)c8c7)cc6)C(=O)O)nn5)CC4)nc3)nc2c(N[C@H](C)c2cc(C#N)ccc2F)c1Cl. The molecule has 0 bridgehead atoms. The van der Waals surface area contributed by atoms with E-state index in [1.807, 2.05) is 29.2 Å². The summed E-state index contributed by atoms with van der Waals surface area (Å²) >= 11 is 6.71. The van der Waals surface area contributed by atoms with Crippen LogP contribution in [0.1, 0.15) is 63.4 Å². The molecule has 5 aromatic heterocycles. The van der Waals surface area contributed by atoms with Crippen molar-refractivity contribution < 1.29 is 56.7 Å². The molecular weight excluding hydrogens is 1220 g/mol. The average molecular weight is 1290 g/mol. The van der Waals surface area contributed by atoms with Gasteiger partial charge in [-0.2, -0.15) is 5.26 Å². The molecule has 1 fully saturated rings. The number of H-pyrrole nitrogens is 1. The molecule has 8 aromatic rings. The predicted octanol–water partition coefficient (Wildman–Crippen LogP) is 5.83. The summed E-state index contributed by atoms with van der Waals surface area (Å²) in [7, 11) is 0. The molecule has 1 aliphatic heterocycles. The van der Waals surface area contributed by atoms with Gasteiger partial charge >= 0.3 is 5.97 Å². The largest absolute Gasteiger partial charge is 0.480 e. The highest BCUT2D eigenvalue weighted by Gasteiger charge is 2.26. The number of nitrogen functional groups attached to an aromatic ring is 1. The minimum atomic E-state index is -1.16. The van der Waals surface area contributed by atoms with Crippen LogP contribution in [0.3, 0.4) is 0 Å². The predicted molar refractivity (Wildman–Crippen MR) is 335 cm³/mol. The minimum Gasteiger partial charge on any atom is -0.480 e. The van der Waals surface area contributed by atoms with Gasteiger partial charge in [-0.15, -0.1) is 5.10 Å². The lowest BCUT2D eigenvalue weighted by atomic mass is 10.0. The number of rotatable bonds is 34. The number of carboxylic acid groups (broad SMARTS) is 1. The zero-order valence-corrected chi connectivity index (χ0v) is 51.5. The molecule has 6 heterocycles. The zero-order valence-electron chi connectivity index (χ0n) is 50.7. The van der Waals surface area contributed by atoms with Gasteiger partial charge in [-0.05, 0) is 93.1 Å². The number of aryl methyl sites for hydroxylation is 4. The maximum Gasteiger partial charge on any atom is 0.326 e. The van der Waals surface area contributed by atoms with Crippen molar-refractivity contribution in [2.24, 2.45) is 0 Å². The Morgan fingerprint density at radius 1 is 0.783 bits per heavy atom. The Bertz CT molecular complexity index is 3930. The van der Waals surface area contributed by atoms with Gasteiger partial charge in [0.25, 0.3) is 11.5 Å². The van der Waals surface area contributed by atoms with E-state index in [9.17, 15) is 33.9 Å². The lowest BCUT2D eigenvalue weighted by molar-refractivity contribution is -0.139. The summed E-state index contributed by atoms with van der Waals surface area (Å²) in [5, 5.41) is 34.0. The van der Waals surface area contributed by atoms with Gasteiger partial charge in [0, 0.05) is 67.5 Å². The number of fused-ring (bicyclic) bond motifs is 2. The quantitative estimate of drug-likeness (QED) is 0.0296. The van der Waals surface area contributed by atoms with Crippen LogP contribution in [-0.2, 0) is 63.8 Å². The Hall–Kier alpha value is -9.21. The molecule has 3 aromatic carbocycles. The van der Waals surface area contributed by atoms with Gasteiger partial charge in [0.2, 0.25) is 17.8 Å². The molecule has 0 aliphatic carbocycles. The van der Waals surface area contributed by atoms with Crippen LogP contribution in [0, 0.1) is 29.9 Å². The van der Waals surface area contributed by atoms with Crippen molar-refractivity contribution in [3.63, 3.8) is 0 Å². The molecule has 0 unspecified atom stereocenters. The summed E-state index contributed by atoms with van der Waals surface area (Å²) in [5.41, 5.74) is 10.7. The molecule has 2 amide bonds. The smallest absolute Gasteiger partial charge is 0.326 e. The highest BCUT2D eigenvalue weighted by Crippen LogP contribution is 2.37. The van der Waals surface area contributed by atoms with Crippen LogP contribution in [0.25, 0.3) is 33.2 Å². The molecule has 92 heavy (non-hydrogen) atoms. The number of aromatic nitrogens is 9. The number of aromatic amines is 1. The molecular formula is C63H70ClF2N15O11. The van der Waals surface area contributed by atoms with Gasteiger partial charge in [-0.1, -0.05) is 35.0 Å². The van der Waals surface area contributed by atoms with E-state index in [-0.39, 0.29) is 77.4 Å². The maximum atomic E-state index is 15.6. The van der Waals surface area contributed by atoms with E-state index in [0.29, 0.717) is 156 Å². The van der Waals surface area contributed by atoms with Crippen molar-refractivity contribution >= 4 is 68.9 Å². The van der Waals surface area contributed by atoms with Gasteiger partial charge in [-0.25, -0.2) is 43.2 Å². The fourth-order valence-corrected chi connectivity index (χ4v) is 10.1. The number of hydrogen-bond acceptors (Lipinski definition) is 21. The Kier molecular flexibility index (Phi) is 24.3. The van der Waals surface area contributed by atoms with Crippen molar-refractivity contribution in [2.75, 3.05) is 121 Å². The first-order valence-electron chi connectivity index (χ1n) is 29.8. The molecule has 0 spiro atoms. The number of aliphatic carboxylic acids is 1. The van der Waals surface area contributed by atoms with E-state index in [1.165, 1.54) is 36.7 Å². The molecule has 26 nitrogen and oxygen atoms in total. The number of nitrogens with two attached hydrogens (primary N) is 1. The van der Waals surface area contributed by atoms with Crippen molar-refractivity contribution in [3.8, 4) is 17.3 Å². The fraction of sp³-hybridized carbons (Fsp3) is 0.397. The number of hydrogen-bond donors (Lipinski definition) is 5. The van der Waals surface area contributed by atoms with Crippen molar-refractivity contribution in [2.45, 2.75) is 58.2 Å². The third kappa shape index (κ3) is 18.7. The number of ether oxygens (including phenoxy) is 6. The van der Waals surface area contributed by atoms with E-state index in [4.69, 9.17) is 45.8 Å². The number of carbonyl (C=O) groups excluding carboxylic acids is 2. The molecule has 1 aliphatic rings. The first-order chi connectivity index (χ1) is 44.6. The topological polar surface area (TPSA) is 335 Å². The number of nitrogens with zero attached hydrogens (tertiary/aromatic N) is 11. The Morgan fingerprint density at radius 3 is 2.09 bits per heavy atom. The summed E-state index contributed by atoms with van der Waals surface area (Å²) < 4.78 is 65.6. The Labute approximate surface area is 532 Å². The van der Waals surface area contributed by atoms with Gasteiger partial charge in [0.1, 0.15) is 29.7 Å². The van der Waals surface area contributed by atoms with Crippen molar-refractivity contribution in [1.29, 1.82) is 5.26 Å². The summed E-state index contributed by atoms with van der Waals surface area (Å²) in [6.07, 6.45) is 6.35. The minimum absolute atomic E-state index is 0.0366. The van der Waals surface area contributed by atoms with Crippen LogP contribution in [-0.4, -0.2) is 184 Å². The number of carbonyl (C=O) groups is 3. The molecule has 0 radical (unpaired) electrons. The molecule has 29 heteroatoms. The number of pyridine rings is 2. The van der Waals surface area contributed by atoms with Crippen molar-refractivity contribution in [3.05, 3.63) is 152 Å². The molecule has 9 rings (SSSR count). The molecule has 2 atom stereocenters. The van der Waals surface area contributed by atoms with Crippen molar-refractivity contribution in [1.82, 2.24) is 55.1 Å². The number of amides is 2. The second-order valence-electron chi connectivity index (χ2n) is 21.4. The fourth-order valence-electron chi connectivity index (χ4n) is 9.93. The van der Waals surface area contributed by atoms with E-state index in [2.05, 4.69) is 50.8 Å². The van der Waals surface area contributed by atoms with Crippen LogP contribution in [0.2, 0.25) is 5.02 Å². The van der Waals surface area contributed by atoms with Crippen LogP contribution >= 0.6 is 11.6 Å². The maximum absolute atomic E-state index is 15.6. The van der Waals surface area contributed by atoms with Gasteiger partial charge in [0.05, 0.1) is 135 Å². The third-order valence-electron chi connectivity index (χ3n) is 14.9. The molecule has 0 saturated carbocycles. The van der Waals surface area contributed by atoms with Gasteiger partial charge in [-0.3, -0.25) is 19.4 Å². The number of halogens is 3. The number of carboxylic acids is 1.